The molecule has 0 bridgehead atoms. The van der Waals surface area contributed by atoms with Gasteiger partial charge in [-0.25, -0.2) is 0 Å². The summed E-state index contributed by atoms with van der Waals surface area (Å²) in [4.78, 5) is 34.1. The summed E-state index contributed by atoms with van der Waals surface area (Å²) in [5.74, 6) is 0.813. The summed E-state index contributed by atoms with van der Waals surface area (Å²) >= 11 is 8.31. The highest BCUT2D eigenvalue weighted by atomic mass is 35.5. The van der Waals surface area contributed by atoms with E-state index in [4.69, 9.17) is 21.4 Å². The molecule has 54 heavy (non-hydrogen) atoms. The Bertz CT molecular complexity index is 1740. The molecule has 2 aliphatic carbocycles. The molecular formula is C40H51ClN4O8S. The zero-order chi connectivity index (χ0) is 38.2. The van der Waals surface area contributed by atoms with Crippen LogP contribution in [0.25, 0.3) is 11.1 Å². The van der Waals surface area contributed by atoms with E-state index in [-0.39, 0.29) is 30.6 Å². The Balaban J connectivity index is 1.06. The molecule has 1 aliphatic heterocycles. The zero-order valence-corrected chi connectivity index (χ0v) is 31.9. The number of amides is 2. The maximum Gasteiger partial charge on any atom is 0.254 e. The molecule has 3 aliphatic rings. The number of hydrogen-bond donors (Lipinski definition) is 6. The molecule has 0 radical (unpaired) electrons. The fourth-order valence-electron chi connectivity index (χ4n) is 6.90. The van der Waals surface area contributed by atoms with Crippen LogP contribution >= 0.6 is 23.4 Å². The Kier molecular flexibility index (Phi) is 13.9. The number of hydrogen-bond acceptors (Lipinski definition) is 11. The van der Waals surface area contributed by atoms with Crippen LogP contribution in [0.2, 0.25) is 5.02 Å². The van der Waals surface area contributed by atoms with E-state index < -0.39 is 36.9 Å². The summed E-state index contributed by atoms with van der Waals surface area (Å²) in [6.07, 6.45) is 2.90. The maximum atomic E-state index is 13.3. The highest BCUT2D eigenvalue weighted by molar-refractivity contribution is 7.99. The molecule has 2 amide bonds. The number of nitrogens with zero attached hydrogens (tertiary/aromatic N) is 3. The lowest BCUT2D eigenvalue weighted by atomic mass is 9.94. The van der Waals surface area contributed by atoms with E-state index in [0.29, 0.717) is 49.7 Å². The number of rotatable bonds is 21. The number of nitrogens with one attached hydrogen (secondary N) is 1. The van der Waals surface area contributed by atoms with Crippen LogP contribution in [0, 0.1) is 0 Å². The van der Waals surface area contributed by atoms with Gasteiger partial charge in [0.05, 0.1) is 12.7 Å². The Morgan fingerprint density at radius 3 is 2.56 bits per heavy atom. The lowest BCUT2D eigenvalue weighted by molar-refractivity contribution is -0.158. The van der Waals surface area contributed by atoms with E-state index in [2.05, 4.69) is 28.5 Å². The highest BCUT2D eigenvalue weighted by Gasteiger charge is 2.46. The SMILES string of the molecule is O=C1CCCN1CCCN(CCCSc1ccc(Cl)c(CNC2(c3cnccc3-c3ccccc3OC3CC3)CC2)c1)C(=O)[C@@H](O)[C@@H](O)[C@H](O)[C@@H](O)CO. The number of ether oxygens (including phenoxy) is 1. The average molecular weight is 783 g/mol. The van der Waals surface area contributed by atoms with E-state index in [1.807, 2.05) is 42.7 Å². The van der Waals surface area contributed by atoms with Crippen LogP contribution in [0.5, 0.6) is 5.75 Å². The summed E-state index contributed by atoms with van der Waals surface area (Å²) in [5.41, 5.74) is 4.05. The van der Waals surface area contributed by atoms with E-state index in [0.717, 1.165) is 65.0 Å². The zero-order valence-electron chi connectivity index (χ0n) is 30.4. The molecular weight excluding hydrogens is 732 g/mol. The molecule has 1 saturated heterocycles. The fraction of sp³-hybridized carbons (Fsp3) is 0.525. The molecule has 3 aromatic rings. The van der Waals surface area contributed by atoms with Gasteiger partial charge >= 0.3 is 0 Å². The molecule has 1 aromatic heterocycles. The highest BCUT2D eigenvalue weighted by Crippen LogP contribution is 2.50. The van der Waals surface area contributed by atoms with Gasteiger partial charge in [0, 0.05) is 72.6 Å². The van der Waals surface area contributed by atoms with Crippen LogP contribution in [0.15, 0.2) is 65.8 Å². The van der Waals surface area contributed by atoms with Gasteiger partial charge < -0.3 is 45.4 Å². The molecule has 2 heterocycles. The molecule has 292 valence electrons. The van der Waals surface area contributed by atoms with Crippen molar-refractivity contribution < 1.29 is 39.9 Å². The largest absolute Gasteiger partial charge is 0.490 e. The number of carbonyl (C=O) groups excluding carboxylic acids is 2. The molecule has 14 heteroatoms. The van der Waals surface area contributed by atoms with Gasteiger partial charge in [0.1, 0.15) is 24.1 Å². The first-order valence-corrected chi connectivity index (χ1v) is 20.2. The third-order valence-electron chi connectivity index (χ3n) is 10.4. The van der Waals surface area contributed by atoms with Gasteiger partial charge in [-0.3, -0.25) is 14.6 Å². The predicted molar refractivity (Wildman–Crippen MR) is 206 cm³/mol. The van der Waals surface area contributed by atoms with Gasteiger partial charge in [0.2, 0.25) is 5.91 Å². The van der Waals surface area contributed by atoms with E-state index in [1.165, 1.54) is 4.90 Å². The van der Waals surface area contributed by atoms with Crippen LogP contribution in [0.1, 0.15) is 62.5 Å². The molecule has 3 fully saturated rings. The van der Waals surface area contributed by atoms with Crippen LogP contribution in [0.4, 0.5) is 0 Å². The van der Waals surface area contributed by atoms with Crippen molar-refractivity contribution in [1.82, 2.24) is 20.1 Å². The van der Waals surface area contributed by atoms with E-state index >= 15 is 0 Å². The number of halogens is 1. The summed E-state index contributed by atoms with van der Waals surface area (Å²) in [6, 6.07) is 16.2. The van der Waals surface area contributed by atoms with Crippen molar-refractivity contribution >= 4 is 35.2 Å². The number of aliphatic hydroxyl groups is 5. The maximum absolute atomic E-state index is 13.3. The Labute approximate surface area is 325 Å². The quantitative estimate of drug-likeness (QED) is 0.0690. The third-order valence-corrected chi connectivity index (χ3v) is 11.9. The molecule has 6 rings (SSSR count). The molecule has 2 aromatic carbocycles. The predicted octanol–water partition coefficient (Wildman–Crippen LogP) is 3.48. The van der Waals surface area contributed by atoms with E-state index in [9.17, 15) is 30.0 Å². The lowest BCUT2D eigenvalue weighted by Crippen LogP contribution is -2.53. The molecule has 2 saturated carbocycles. The van der Waals surface area contributed by atoms with Crippen molar-refractivity contribution in [3.05, 3.63) is 77.1 Å². The summed E-state index contributed by atoms with van der Waals surface area (Å²) in [7, 11) is 0. The van der Waals surface area contributed by atoms with Gasteiger partial charge in [-0.15, -0.1) is 11.8 Å². The number of para-hydroxylation sites is 1. The van der Waals surface area contributed by atoms with Crippen LogP contribution in [0.3, 0.4) is 0 Å². The average Bonchev–Trinajstić information content (AvgIpc) is 4.13. The van der Waals surface area contributed by atoms with Crippen molar-refractivity contribution in [2.75, 3.05) is 38.5 Å². The molecule has 0 unspecified atom stereocenters. The minimum absolute atomic E-state index is 0.0764. The Morgan fingerprint density at radius 1 is 1.06 bits per heavy atom. The van der Waals surface area contributed by atoms with Crippen molar-refractivity contribution in [2.24, 2.45) is 0 Å². The van der Waals surface area contributed by atoms with Crippen molar-refractivity contribution in [1.29, 1.82) is 0 Å². The van der Waals surface area contributed by atoms with Crippen LogP contribution in [-0.2, 0) is 21.7 Å². The summed E-state index contributed by atoms with van der Waals surface area (Å²) < 4.78 is 6.26. The number of carbonyl (C=O) groups is 2. The van der Waals surface area contributed by atoms with Gasteiger partial charge in [-0.2, -0.15) is 0 Å². The number of aliphatic hydroxyl groups excluding tert-OH is 5. The minimum Gasteiger partial charge on any atom is -0.490 e. The van der Waals surface area contributed by atoms with E-state index in [1.54, 1.807) is 16.7 Å². The number of benzene rings is 2. The van der Waals surface area contributed by atoms with Gasteiger partial charge in [0.25, 0.3) is 5.91 Å². The first-order chi connectivity index (χ1) is 26.1. The fourth-order valence-corrected chi connectivity index (χ4v) is 7.98. The van der Waals surface area contributed by atoms with Crippen molar-refractivity contribution in [2.45, 2.75) is 98.9 Å². The van der Waals surface area contributed by atoms with Gasteiger partial charge in [0.15, 0.2) is 6.10 Å². The summed E-state index contributed by atoms with van der Waals surface area (Å²) in [5, 5.41) is 54.4. The van der Waals surface area contributed by atoms with Crippen LogP contribution in [-0.4, -0.2) is 121 Å². The Morgan fingerprint density at radius 2 is 1.83 bits per heavy atom. The molecule has 12 nitrogen and oxygen atoms in total. The normalized spacial score (nSPS) is 18.6. The number of pyridine rings is 1. The van der Waals surface area contributed by atoms with Gasteiger partial charge in [-0.1, -0.05) is 29.8 Å². The second-order valence-corrected chi connectivity index (χ2v) is 16.0. The number of thioether (sulfide) groups is 1. The number of likely N-dealkylation sites (tertiary alicyclic amines) is 1. The molecule has 4 atom stereocenters. The molecule has 6 N–H and O–H groups in total. The Hall–Kier alpha value is -3.27. The molecule has 0 spiro atoms. The first kappa shape index (κ1) is 40.4. The smallest absolute Gasteiger partial charge is 0.254 e. The summed E-state index contributed by atoms with van der Waals surface area (Å²) in [6.45, 7) is 1.34. The third kappa shape index (κ3) is 10.1. The minimum atomic E-state index is -2.00. The standard InChI is InChI=1S/C40H51ClN4O8S/c41-32-12-11-28(54-21-5-20-45(19-4-18-44-17-3-8-35(44)48)39(52)38(51)37(50)36(49)33(47)25-46)22-26(32)23-43-40(14-15-40)31-24-42-16-13-29(31)30-6-1-2-7-34(30)53-27-9-10-27/h1-2,6-7,11-13,16,22,24,27,33,36-38,43,46-47,49-51H,3-5,8-10,14-15,17-21,23,25H2/t33-,36+,37-,38-/m0/s1. The van der Waals surface area contributed by atoms with Crippen LogP contribution < -0.4 is 10.1 Å². The topological polar surface area (TPSA) is 176 Å². The van der Waals surface area contributed by atoms with Crippen molar-refractivity contribution in [3.63, 3.8) is 0 Å². The second kappa shape index (κ2) is 18.6. The van der Waals surface area contributed by atoms with Gasteiger partial charge in [-0.05, 0) is 97.7 Å². The lowest BCUT2D eigenvalue weighted by Gasteiger charge is -2.30. The first-order valence-electron chi connectivity index (χ1n) is 18.9. The monoisotopic (exact) mass is 782 g/mol. The number of aromatic nitrogens is 1. The van der Waals surface area contributed by atoms with Crippen molar-refractivity contribution in [3.8, 4) is 16.9 Å². The second-order valence-electron chi connectivity index (χ2n) is 14.5.